The summed E-state index contributed by atoms with van der Waals surface area (Å²) in [6.07, 6.45) is -1.66. The molecule has 0 saturated heterocycles. The number of rotatable bonds is 7. The van der Waals surface area contributed by atoms with Gasteiger partial charge in [0.25, 0.3) is 0 Å². The van der Waals surface area contributed by atoms with Crippen LogP contribution in [-0.4, -0.2) is 39.6 Å². The molecule has 0 unspecified atom stereocenters. The van der Waals surface area contributed by atoms with E-state index in [9.17, 15) is 13.2 Å². The van der Waals surface area contributed by atoms with Gasteiger partial charge in [0.05, 0.1) is 24.7 Å². The lowest BCUT2D eigenvalue weighted by molar-refractivity contribution is -0.274. The molecule has 0 saturated carbocycles. The van der Waals surface area contributed by atoms with Crippen molar-refractivity contribution in [3.8, 4) is 28.6 Å². The van der Waals surface area contributed by atoms with Crippen LogP contribution in [0.1, 0.15) is 5.56 Å². The summed E-state index contributed by atoms with van der Waals surface area (Å²) in [6.45, 7) is 0. The Labute approximate surface area is 209 Å². The third-order valence-electron chi connectivity index (χ3n) is 4.73. The van der Waals surface area contributed by atoms with Crippen molar-refractivity contribution in [2.75, 3.05) is 12.4 Å². The Bertz CT molecular complexity index is 1360. The summed E-state index contributed by atoms with van der Waals surface area (Å²) in [4.78, 5) is 4.27. The summed E-state index contributed by atoms with van der Waals surface area (Å²) in [7, 11) is 1.58. The second-order valence-electron chi connectivity index (χ2n) is 7.20. The third-order valence-corrected chi connectivity index (χ3v) is 4.92. The summed E-state index contributed by atoms with van der Waals surface area (Å²) in [5.41, 5.74) is 5.57. The Morgan fingerprint density at radius 1 is 1.03 bits per heavy atom. The van der Waals surface area contributed by atoms with Crippen LogP contribution in [0, 0.1) is 0 Å². The van der Waals surface area contributed by atoms with E-state index in [0.717, 1.165) is 16.8 Å². The molecular weight excluding hydrogens is 493 g/mol. The van der Waals surface area contributed by atoms with Gasteiger partial charge in [0.1, 0.15) is 17.8 Å². The number of hydrogen-bond acceptors (Lipinski definition) is 6. The van der Waals surface area contributed by atoms with Crippen molar-refractivity contribution in [3.63, 3.8) is 0 Å². The zero-order chi connectivity index (χ0) is 25.5. The van der Waals surface area contributed by atoms with Gasteiger partial charge in [-0.05, 0) is 54.2 Å². The number of aromatic nitrogens is 3. The molecule has 12 heteroatoms. The minimum Gasteiger partial charge on any atom is -0.495 e. The molecule has 1 heterocycles. The molecule has 0 fully saturated rings. The van der Waals surface area contributed by atoms with Crippen LogP contribution < -0.4 is 20.2 Å². The smallest absolute Gasteiger partial charge is 0.495 e. The summed E-state index contributed by atoms with van der Waals surface area (Å²) < 4.78 is 47.6. The normalized spacial score (nSPS) is 11.3. The van der Waals surface area contributed by atoms with E-state index >= 15 is 0 Å². The van der Waals surface area contributed by atoms with Gasteiger partial charge in [0.2, 0.25) is 0 Å². The molecule has 1 aromatic heterocycles. The van der Waals surface area contributed by atoms with E-state index in [1.54, 1.807) is 13.3 Å². The van der Waals surface area contributed by atoms with Crippen LogP contribution in [-0.2, 0) is 0 Å². The zero-order valence-corrected chi connectivity index (χ0v) is 19.5. The van der Waals surface area contributed by atoms with Gasteiger partial charge >= 0.3 is 6.36 Å². The lowest BCUT2D eigenvalue weighted by Crippen LogP contribution is -2.24. The van der Waals surface area contributed by atoms with E-state index in [-0.39, 0.29) is 5.75 Å². The quantitative estimate of drug-likeness (QED) is 0.201. The number of anilines is 1. The first-order valence-corrected chi connectivity index (χ1v) is 10.8. The van der Waals surface area contributed by atoms with E-state index < -0.39 is 6.36 Å². The minimum atomic E-state index is -4.74. The number of nitrogens with one attached hydrogen (secondary N) is 2. The highest BCUT2D eigenvalue weighted by Crippen LogP contribution is 2.24. The van der Waals surface area contributed by atoms with Crippen LogP contribution in [0.25, 0.3) is 17.1 Å². The zero-order valence-electron chi connectivity index (χ0n) is 18.7. The van der Waals surface area contributed by atoms with Crippen LogP contribution in [0.5, 0.6) is 11.5 Å². The first kappa shape index (κ1) is 24.7. The average molecular weight is 513 g/mol. The highest BCUT2D eigenvalue weighted by Gasteiger charge is 2.31. The van der Waals surface area contributed by atoms with Gasteiger partial charge in [0, 0.05) is 5.56 Å². The van der Waals surface area contributed by atoms with Gasteiger partial charge in [-0.25, -0.2) is 9.67 Å². The van der Waals surface area contributed by atoms with Crippen molar-refractivity contribution < 1.29 is 22.6 Å². The Kier molecular flexibility index (Phi) is 7.44. The number of benzene rings is 3. The monoisotopic (exact) mass is 512 g/mol. The van der Waals surface area contributed by atoms with Crippen LogP contribution in [0.3, 0.4) is 0 Å². The molecule has 184 valence electrons. The van der Waals surface area contributed by atoms with E-state index in [0.29, 0.717) is 22.4 Å². The number of halogens is 3. The number of nitrogens with zero attached hydrogens (tertiary/aromatic N) is 4. The SMILES string of the molecule is COc1ccccc1NC(=S)N/N=C/c1ccc(-c2ncn(-c3ccc(OC(F)(F)F)cc3)n2)cc1. The number of ether oxygens (including phenoxy) is 2. The molecule has 3 aromatic carbocycles. The number of alkyl halides is 3. The fourth-order valence-electron chi connectivity index (χ4n) is 3.10. The fourth-order valence-corrected chi connectivity index (χ4v) is 3.26. The molecule has 4 aromatic rings. The maximum Gasteiger partial charge on any atom is 0.573 e. The van der Waals surface area contributed by atoms with Crippen molar-refractivity contribution in [2.24, 2.45) is 5.10 Å². The topological polar surface area (TPSA) is 85.6 Å². The maximum absolute atomic E-state index is 12.3. The highest BCUT2D eigenvalue weighted by atomic mass is 32.1. The minimum absolute atomic E-state index is 0.306. The van der Waals surface area contributed by atoms with Gasteiger partial charge in [0.15, 0.2) is 10.9 Å². The highest BCUT2D eigenvalue weighted by molar-refractivity contribution is 7.80. The molecule has 0 bridgehead atoms. The van der Waals surface area contributed by atoms with Crippen molar-refractivity contribution in [3.05, 3.63) is 84.7 Å². The molecule has 4 rings (SSSR count). The predicted molar refractivity (Wildman–Crippen MR) is 133 cm³/mol. The van der Waals surface area contributed by atoms with E-state index in [1.807, 2.05) is 48.5 Å². The van der Waals surface area contributed by atoms with Gasteiger partial charge in [-0.1, -0.05) is 36.4 Å². The molecule has 0 aliphatic carbocycles. The van der Waals surface area contributed by atoms with E-state index in [2.05, 4.69) is 30.7 Å². The van der Waals surface area contributed by atoms with Crippen LogP contribution in [0.15, 0.2) is 84.2 Å². The molecule has 0 aliphatic heterocycles. The molecule has 0 radical (unpaired) electrons. The molecule has 8 nitrogen and oxygen atoms in total. The standard InChI is InChI=1S/C24H19F3N6O2S/c1-34-21-5-3-2-4-20(21)30-23(36)31-29-14-16-6-8-17(9-7-16)22-28-15-33(32-22)18-10-12-19(13-11-18)35-24(25,26)27/h2-15H,1H3,(H2,30,31,36)/b29-14+. The summed E-state index contributed by atoms with van der Waals surface area (Å²) in [6, 6.07) is 20.0. The van der Waals surface area contributed by atoms with Crippen molar-refractivity contribution in [2.45, 2.75) is 6.36 Å². The third kappa shape index (κ3) is 6.57. The van der Waals surface area contributed by atoms with Gasteiger partial charge in [-0.2, -0.15) is 5.10 Å². The molecule has 0 atom stereocenters. The van der Waals surface area contributed by atoms with Crippen LogP contribution in [0.2, 0.25) is 0 Å². The van der Waals surface area contributed by atoms with Crippen molar-refractivity contribution >= 4 is 29.2 Å². The van der Waals surface area contributed by atoms with Crippen molar-refractivity contribution in [1.29, 1.82) is 0 Å². The summed E-state index contributed by atoms with van der Waals surface area (Å²) in [5, 5.41) is 11.8. The number of hydrazone groups is 1. The van der Waals surface area contributed by atoms with E-state index in [4.69, 9.17) is 17.0 Å². The first-order chi connectivity index (χ1) is 17.3. The van der Waals surface area contributed by atoms with E-state index in [1.165, 1.54) is 35.3 Å². The number of thiocarbonyl (C=S) groups is 1. The second-order valence-corrected chi connectivity index (χ2v) is 7.61. The Morgan fingerprint density at radius 2 is 1.75 bits per heavy atom. The maximum atomic E-state index is 12.3. The first-order valence-electron chi connectivity index (χ1n) is 10.4. The number of hydrogen-bond donors (Lipinski definition) is 2. The fraction of sp³-hybridized carbons (Fsp3) is 0.0833. The second kappa shape index (κ2) is 10.9. The molecule has 2 N–H and O–H groups in total. The summed E-state index contributed by atoms with van der Waals surface area (Å²) >= 11 is 5.25. The lowest BCUT2D eigenvalue weighted by Gasteiger charge is -2.10. The van der Waals surface area contributed by atoms with Gasteiger partial charge in [-0.3, -0.25) is 5.43 Å². The number of methoxy groups -OCH3 is 1. The molecule has 0 amide bonds. The largest absolute Gasteiger partial charge is 0.573 e. The van der Waals surface area contributed by atoms with Crippen LogP contribution >= 0.6 is 12.2 Å². The van der Waals surface area contributed by atoms with Crippen LogP contribution in [0.4, 0.5) is 18.9 Å². The van der Waals surface area contributed by atoms with Crippen molar-refractivity contribution in [1.82, 2.24) is 20.2 Å². The lowest BCUT2D eigenvalue weighted by atomic mass is 10.1. The Hall–Kier alpha value is -4.45. The molecule has 0 spiro atoms. The Morgan fingerprint density at radius 3 is 2.44 bits per heavy atom. The van der Waals surface area contributed by atoms with Gasteiger partial charge in [-0.15, -0.1) is 18.3 Å². The Balaban J connectivity index is 1.35. The summed E-state index contributed by atoms with van der Waals surface area (Å²) in [5.74, 6) is 0.800. The molecule has 0 aliphatic rings. The van der Waals surface area contributed by atoms with Gasteiger partial charge < -0.3 is 14.8 Å². The predicted octanol–water partition coefficient (Wildman–Crippen LogP) is 5.16. The molecule has 36 heavy (non-hydrogen) atoms. The molecular formula is C24H19F3N6O2S. The number of para-hydroxylation sites is 2. The average Bonchev–Trinajstić information content (AvgIpc) is 3.35.